The lowest BCUT2D eigenvalue weighted by molar-refractivity contribution is 0.410. The third-order valence-electron chi connectivity index (χ3n) is 3.88. The van der Waals surface area contributed by atoms with E-state index in [1.807, 2.05) is 12.1 Å². The van der Waals surface area contributed by atoms with Crippen LogP contribution in [0, 0.1) is 0 Å². The van der Waals surface area contributed by atoms with Crippen molar-refractivity contribution in [3.63, 3.8) is 0 Å². The van der Waals surface area contributed by atoms with Crippen molar-refractivity contribution in [3.05, 3.63) is 28.8 Å². The van der Waals surface area contributed by atoms with Crippen molar-refractivity contribution in [1.29, 1.82) is 0 Å². The third kappa shape index (κ3) is 5.12. The van der Waals surface area contributed by atoms with Crippen molar-refractivity contribution in [1.82, 2.24) is 5.32 Å². The number of nitrogens with one attached hydrogen (secondary N) is 1. The highest BCUT2D eigenvalue weighted by molar-refractivity contribution is 6.30. The maximum absolute atomic E-state index is 6.00. The summed E-state index contributed by atoms with van der Waals surface area (Å²) in [6, 6.07) is 6.01. The molecule has 1 aliphatic rings. The molecule has 1 aromatic carbocycles. The molecule has 0 spiro atoms. The molecule has 0 atom stereocenters. The molecular formula is C16H24ClN3O. The zero-order valence-electron chi connectivity index (χ0n) is 12.6. The second-order valence-electron chi connectivity index (χ2n) is 5.49. The van der Waals surface area contributed by atoms with Gasteiger partial charge >= 0.3 is 0 Å². The molecule has 2 rings (SSSR count). The number of nitrogens with zero attached hydrogens (tertiary/aromatic N) is 1. The molecule has 1 saturated carbocycles. The minimum atomic E-state index is 0.461. The predicted molar refractivity (Wildman–Crippen MR) is 88.0 cm³/mol. The van der Waals surface area contributed by atoms with E-state index in [1.165, 1.54) is 38.5 Å². The number of methoxy groups -OCH3 is 1. The molecule has 0 aliphatic heterocycles. The fourth-order valence-corrected chi connectivity index (χ4v) is 2.86. The Kier molecular flexibility index (Phi) is 6.18. The van der Waals surface area contributed by atoms with Gasteiger partial charge in [0, 0.05) is 16.6 Å². The molecule has 0 unspecified atom stereocenters. The Morgan fingerprint density at radius 1 is 1.33 bits per heavy atom. The van der Waals surface area contributed by atoms with E-state index in [9.17, 15) is 0 Å². The zero-order valence-corrected chi connectivity index (χ0v) is 13.3. The highest BCUT2D eigenvalue weighted by Gasteiger charge is 2.12. The molecule has 0 radical (unpaired) electrons. The molecule has 3 N–H and O–H groups in total. The van der Waals surface area contributed by atoms with Crippen LogP contribution in [-0.4, -0.2) is 19.1 Å². The van der Waals surface area contributed by atoms with E-state index in [2.05, 4.69) is 10.3 Å². The summed E-state index contributed by atoms with van der Waals surface area (Å²) in [5.41, 5.74) is 6.98. The van der Waals surface area contributed by atoms with Crippen LogP contribution >= 0.6 is 11.6 Å². The van der Waals surface area contributed by atoms with Crippen LogP contribution in [0.4, 0.5) is 0 Å². The molecule has 0 amide bonds. The smallest absolute Gasteiger partial charge is 0.189 e. The molecular weight excluding hydrogens is 286 g/mol. The van der Waals surface area contributed by atoms with Gasteiger partial charge in [-0.1, -0.05) is 43.4 Å². The monoisotopic (exact) mass is 309 g/mol. The molecule has 5 heteroatoms. The SMILES string of the molecule is COc1cc(Cl)ccc1CN=C(N)NC1CCCCCC1. The van der Waals surface area contributed by atoms with E-state index in [0.717, 1.165) is 11.3 Å². The summed E-state index contributed by atoms with van der Waals surface area (Å²) >= 11 is 5.95. The van der Waals surface area contributed by atoms with Gasteiger partial charge in [0.2, 0.25) is 0 Å². The summed E-state index contributed by atoms with van der Waals surface area (Å²) in [4.78, 5) is 4.42. The van der Waals surface area contributed by atoms with Crippen molar-refractivity contribution in [2.24, 2.45) is 10.7 Å². The molecule has 1 fully saturated rings. The van der Waals surface area contributed by atoms with Gasteiger partial charge in [0.15, 0.2) is 5.96 Å². The summed E-state index contributed by atoms with van der Waals surface area (Å²) in [5.74, 6) is 1.26. The minimum absolute atomic E-state index is 0.461. The summed E-state index contributed by atoms with van der Waals surface area (Å²) in [6.45, 7) is 0.492. The highest BCUT2D eigenvalue weighted by atomic mass is 35.5. The predicted octanol–water partition coefficient (Wildman–Crippen LogP) is 3.48. The first kappa shape index (κ1) is 16.0. The minimum Gasteiger partial charge on any atom is -0.496 e. The molecule has 116 valence electrons. The lowest BCUT2D eigenvalue weighted by Gasteiger charge is -2.16. The van der Waals surface area contributed by atoms with Crippen LogP contribution in [0.15, 0.2) is 23.2 Å². The van der Waals surface area contributed by atoms with E-state index >= 15 is 0 Å². The maximum atomic E-state index is 6.00. The van der Waals surface area contributed by atoms with E-state index in [0.29, 0.717) is 23.6 Å². The van der Waals surface area contributed by atoms with E-state index in [1.54, 1.807) is 13.2 Å². The van der Waals surface area contributed by atoms with Gasteiger partial charge in [-0.25, -0.2) is 4.99 Å². The number of rotatable bonds is 4. The summed E-state index contributed by atoms with van der Waals surface area (Å²) in [6.07, 6.45) is 7.57. The maximum Gasteiger partial charge on any atom is 0.189 e. The number of ether oxygens (including phenoxy) is 1. The van der Waals surface area contributed by atoms with Crippen LogP contribution in [0.3, 0.4) is 0 Å². The molecule has 4 nitrogen and oxygen atoms in total. The fourth-order valence-electron chi connectivity index (χ4n) is 2.70. The van der Waals surface area contributed by atoms with E-state index in [4.69, 9.17) is 22.1 Å². The van der Waals surface area contributed by atoms with Gasteiger partial charge < -0.3 is 15.8 Å². The lowest BCUT2D eigenvalue weighted by Crippen LogP contribution is -2.39. The Labute approximate surface area is 131 Å². The molecule has 21 heavy (non-hydrogen) atoms. The van der Waals surface area contributed by atoms with Gasteiger partial charge in [0.1, 0.15) is 5.75 Å². The summed E-state index contributed by atoms with van der Waals surface area (Å²) in [7, 11) is 1.63. The van der Waals surface area contributed by atoms with Crippen molar-refractivity contribution >= 4 is 17.6 Å². The number of guanidine groups is 1. The largest absolute Gasteiger partial charge is 0.496 e. The van der Waals surface area contributed by atoms with Crippen molar-refractivity contribution in [3.8, 4) is 5.75 Å². The highest BCUT2D eigenvalue weighted by Crippen LogP contribution is 2.23. The standard InChI is InChI=1S/C16H24ClN3O/c1-21-15-10-13(17)9-8-12(15)11-19-16(18)20-14-6-4-2-3-5-7-14/h8-10,14H,2-7,11H2,1H3,(H3,18,19,20). The van der Waals surface area contributed by atoms with Gasteiger partial charge in [0.25, 0.3) is 0 Å². The first-order valence-electron chi connectivity index (χ1n) is 7.58. The zero-order chi connectivity index (χ0) is 15.1. The molecule has 1 aromatic rings. The van der Waals surface area contributed by atoms with Crippen molar-refractivity contribution < 1.29 is 4.74 Å². The first-order valence-corrected chi connectivity index (χ1v) is 7.95. The van der Waals surface area contributed by atoms with Crippen LogP contribution in [0.5, 0.6) is 5.75 Å². The second-order valence-corrected chi connectivity index (χ2v) is 5.93. The average molecular weight is 310 g/mol. The third-order valence-corrected chi connectivity index (χ3v) is 4.11. The van der Waals surface area contributed by atoms with Gasteiger partial charge in [-0.15, -0.1) is 0 Å². The van der Waals surface area contributed by atoms with Gasteiger partial charge in [-0.3, -0.25) is 0 Å². The number of halogens is 1. The number of hydrogen-bond acceptors (Lipinski definition) is 2. The number of nitrogens with two attached hydrogens (primary N) is 1. The summed E-state index contributed by atoms with van der Waals surface area (Å²) < 4.78 is 5.31. The molecule has 0 heterocycles. The first-order chi connectivity index (χ1) is 10.2. The van der Waals surface area contributed by atoms with Crippen molar-refractivity contribution in [2.75, 3.05) is 7.11 Å². The van der Waals surface area contributed by atoms with E-state index < -0.39 is 0 Å². The average Bonchev–Trinajstić information content (AvgIpc) is 2.74. The number of aliphatic imine (C=N–C) groups is 1. The fraction of sp³-hybridized carbons (Fsp3) is 0.562. The molecule has 0 saturated heterocycles. The molecule has 0 bridgehead atoms. The lowest BCUT2D eigenvalue weighted by atomic mass is 10.1. The van der Waals surface area contributed by atoms with Gasteiger partial charge in [-0.2, -0.15) is 0 Å². The Morgan fingerprint density at radius 3 is 2.71 bits per heavy atom. The normalized spacial score (nSPS) is 17.3. The topological polar surface area (TPSA) is 59.6 Å². The Morgan fingerprint density at radius 2 is 2.05 bits per heavy atom. The second kappa shape index (κ2) is 8.13. The van der Waals surface area contributed by atoms with E-state index in [-0.39, 0.29) is 0 Å². The van der Waals surface area contributed by atoms with Crippen LogP contribution < -0.4 is 15.8 Å². The molecule has 0 aromatic heterocycles. The van der Waals surface area contributed by atoms with Crippen molar-refractivity contribution in [2.45, 2.75) is 51.1 Å². The van der Waals surface area contributed by atoms with Crippen LogP contribution in [-0.2, 0) is 6.54 Å². The number of benzene rings is 1. The van der Waals surface area contributed by atoms with Crippen LogP contribution in [0.2, 0.25) is 5.02 Å². The summed E-state index contributed by atoms with van der Waals surface area (Å²) in [5, 5.41) is 4.00. The van der Waals surface area contributed by atoms with Crippen LogP contribution in [0.1, 0.15) is 44.1 Å². The Bertz CT molecular complexity index is 482. The van der Waals surface area contributed by atoms with Crippen LogP contribution in [0.25, 0.3) is 0 Å². The Hall–Kier alpha value is -1.42. The Balaban J connectivity index is 1.93. The van der Waals surface area contributed by atoms with Gasteiger partial charge in [0.05, 0.1) is 13.7 Å². The molecule has 1 aliphatic carbocycles. The van der Waals surface area contributed by atoms with Gasteiger partial charge in [-0.05, 0) is 25.0 Å². The quantitative estimate of drug-likeness (QED) is 0.508. The number of hydrogen-bond donors (Lipinski definition) is 2.